The number of halogens is 2. The van der Waals surface area contributed by atoms with Crippen LogP contribution in [0.2, 0.25) is 5.15 Å². The maximum absolute atomic E-state index is 13.3. The molecule has 0 unspecified atom stereocenters. The van der Waals surface area contributed by atoms with Gasteiger partial charge in [0.05, 0.1) is 5.69 Å². The second kappa shape index (κ2) is 4.37. The predicted molar refractivity (Wildman–Crippen MR) is 64.4 cm³/mol. The zero-order valence-corrected chi connectivity index (χ0v) is 10.5. The van der Waals surface area contributed by atoms with Gasteiger partial charge in [-0.25, -0.2) is 14.4 Å². The highest BCUT2D eigenvalue weighted by molar-refractivity contribution is 6.29. The Morgan fingerprint density at radius 1 is 1.00 bits per heavy atom. The van der Waals surface area contributed by atoms with E-state index in [1.54, 1.807) is 6.92 Å². The van der Waals surface area contributed by atoms with Crippen LogP contribution >= 0.6 is 11.6 Å². The molecule has 3 nitrogen and oxygen atoms in total. The van der Waals surface area contributed by atoms with Gasteiger partial charge in [0.15, 0.2) is 16.8 Å². The topological polar surface area (TPSA) is 38.7 Å². The fraction of sp³-hybridized carbons (Fsp3) is 0.250. The van der Waals surface area contributed by atoms with Crippen LogP contribution in [-0.2, 0) is 0 Å². The van der Waals surface area contributed by atoms with Gasteiger partial charge in [-0.3, -0.25) is 4.98 Å². The molecule has 0 amide bonds. The molecule has 0 aliphatic carbocycles. The van der Waals surface area contributed by atoms with Crippen LogP contribution in [0.4, 0.5) is 4.39 Å². The van der Waals surface area contributed by atoms with Crippen LogP contribution in [0, 0.1) is 26.6 Å². The van der Waals surface area contributed by atoms with Crippen LogP contribution in [0.5, 0.6) is 0 Å². The predicted octanol–water partition coefficient (Wildman–Crippen LogP) is 3.26. The number of rotatable bonds is 1. The summed E-state index contributed by atoms with van der Waals surface area (Å²) in [5.41, 5.74) is 2.76. The Hall–Kier alpha value is -1.55. The van der Waals surface area contributed by atoms with Gasteiger partial charge in [-0.2, -0.15) is 0 Å². The molecule has 17 heavy (non-hydrogen) atoms. The van der Waals surface area contributed by atoms with E-state index in [1.807, 2.05) is 26.0 Å². The molecule has 0 N–H and O–H groups in total. The summed E-state index contributed by atoms with van der Waals surface area (Å²) in [4.78, 5) is 12.3. The van der Waals surface area contributed by atoms with E-state index in [1.165, 1.54) is 0 Å². The van der Waals surface area contributed by atoms with Crippen molar-refractivity contribution in [3.8, 4) is 11.4 Å². The Kier molecular flexibility index (Phi) is 3.07. The molecule has 5 heteroatoms. The summed E-state index contributed by atoms with van der Waals surface area (Å²) in [6, 6.07) is 3.69. The second-order valence-electron chi connectivity index (χ2n) is 3.88. The SMILES string of the molecule is Cc1cc(-c2nc(C)c(F)c(Cl)n2)cc(C)n1. The number of pyridine rings is 1. The van der Waals surface area contributed by atoms with Crippen LogP contribution in [-0.4, -0.2) is 15.0 Å². The molecule has 2 aromatic heterocycles. The van der Waals surface area contributed by atoms with Gasteiger partial charge in [-0.05, 0) is 32.9 Å². The maximum Gasteiger partial charge on any atom is 0.181 e. The molecule has 0 spiro atoms. The Balaban J connectivity index is 2.60. The van der Waals surface area contributed by atoms with Crippen molar-refractivity contribution in [1.29, 1.82) is 0 Å². The minimum absolute atomic E-state index is 0.153. The first kappa shape index (κ1) is 11.9. The second-order valence-corrected chi connectivity index (χ2v) is 4.23. The Morgan fingerprint density at radius 2 is 1.59 bits per heavy atom. The van der Waals surface area contributed by atoms with Crippen molar-refractivity contribution < 1.29 is 4.39 Å². The summed E-state index contributed by atoms with van der Waals surface area (Å²) in [5, 5.41) is -0.153. The fourth-order valence-electron chi connectivity index (χ4n) is 1.62. The molecule has 0 aromatic carbocycles. The summed E-state index contributed by atoms with van der Waals surface area (Å²) >= 11 is 5.71. The molecule has 0 saturated heterocycles. The van der Waals surface area contributed by atoms with Crippen molar-refractivity contribution >= 4 is 11.6 Å². The molecule has 0 bridgehead atoms. The van der Waals surface area contributed by atoms with Crippen LogP contribution < -0.4 is 0 Å². The van der Waals surface area contributed by atoms with Gasteiger partial charge in [0.1, 0.15) is 0 Å². The van der Waals surface area contributed by atoms with Gasteiger partial charge in [0.25, 0.3) is 0 Å². The van der Waals surface area contributed by atoms with Gasteiger partial charge >= 0.3 is 0 Å². The molecule has 0 radical (unpaired) electrons. The summed E-state index contributed by atoms with van der Waals surface area (Å²) < 4.78 is 13.3. The van der Waals surface area contributed by atoms with E-state index in [2.05, 4.69) is 15.0 Å². The van der Waals surface area contributed by atoms with E-state index >= 15 is 0 Å². The van der Waals surface area contributed by atoms with Crippen LogP contribution in [0.1, 0.15) is 17.1 Å². The average Bonchev–Trinajstić information content (AvgIpc) is 2.23. The Labute approximate surface area is 104 Å². The van der Waals surface area contributed by atoms with Crippen molar-refractivity contribution in [2.75, 3.05) is 0 Å². The summed E-state index contributed by atoms with van der Waals surface area (Å²) in [5.74, 6) is -0.152. The maximum atomic E-state index is 13.3. The number of hydrogen-bond acceptors (Lipinski definition) is 3. The molecule has 0 saturated carbocycles. The summed E-state index contributed by atoms with van der Waals surface area (Å²) in [6.07, 6.45) is 0. The van der Waals surface area contributed by atoms with Gasteiger partial charge in [0, 0.05) is 17.0 Å². The first-order valence-electron chi connectivity index (χ1n) is 5.12. The lowest BCUT2D eigenvalue weighted by Crippen LogP contribution is -1.98. The molecular weight excluding hydrogens is 241 g/mol. The summed E-state index contributed by atoms with van der Waals surface area (Å²) in [7, 11) is 0. The van der Waals surface area contributed by atoms with Crippen LogP contribution in [0.3, 0.4) is 0 Å². The largest absolute Gasteiger partial charge is 0.258 e. The number of hydrogen-bond donors (Lipinski definition) is 0. The molecular formula is C12H11ClFN3. The van der Waals surface area contributed by atoms with Gasteiger partial charge in [-0.1, -0.05) is 11.6 Å². The molecule has 2 rings (SSSR count). The smallest absolute Gasteiger partial charge is 0.181 e. The lowest BCUT2D eigenvalue weighted by atomic mass is 10.2. The highest BCUT2D eigenvalue weighted by atomic mass is 35.5. The number of aryl methyl sites for hydroxylation is 3. The fourth-order valence-corrected chi connectivity index (χ4v) is 1.83. The van der Waals surface area contributed by atoms with Crippen LogP contribution in [0.25, 0.3) is 11.4 Å². The van der Waals surface area contributed by atoms with Crippen molar-refractivity contribution in [2.45, 2.75) is 20.8 Å². The van der Waals surface area contributed by atoms with Crippen molar-refractivity contribution in [2.24, 2.45) is 0 Å². The molecule has 0 aliphatic heterocycles. The van der Waals surface area contributed by atoms with E-state index in [4.69, 9.17) is 11.6 Å². The zero-order chi connectivity index (χ0) is 12.6. The number of aromatic nitrogens is 3. The Morgan fingerprint density at radius 3 is 2.12 bits per heavy atom. The summed E-state index contributed by atoms with van der Waals surface area (Å²) in [6.45, 7) is 5.33. The molecule has 2 aromatic rings. The minimum atomic E-state index is -0.571. The molecule has 88 valence electrons. The van der Waals surface area contributed by atoms with E-state index in [-0.39, 0.29) is 10.8 Å². The standard InChI is InChI=1S/C12H11ClFN3/c1-6-4-9(5-7(2)15-6)12-16-8(3)10(14)11(13)17-12/h4-5H,1-3H3. The third-order valence-electron chi connectivity index (χ3n) is 2.32. The van der Waals surface area contributed by atoms with E-state index in [9.17, 15) is 4.39 Å². The quantitative estimate of drug-likeness (QED) is 0.731. The first-order valence-corrected chi connectivity index (χ1v) is 5.50. The van der Waals surface area contributed by atoms with Crippen molar-refractivity contribution in [1.82, 2.24) is 15.0 Å². The third-order valence-corrected chi connectivity index (χ3v) is 2.57. The van der Waals surface area contributed by atoms with Gasteiger partial charge < -0.3 is 0 Å². The van der Waals surface area contributed by atoms with E-state index in [0.29, 0.717) is 5.82 Å². The van der Waals surface area contributed by atoms with Crippen molar-refractivity contribution in [3.63, 3.8) is 0 Å². The number of nitrogens with zero attached hydrogens (tertiary/aromatic N) is 3. The van der Waals surface area contributed by atoms with Gasteiger partial charge in [-0.15, -0.1) is 0 Å². The monoisotopic (exact) mass is 251 g/mol. The van der Waals surface area contributed by atoms with E-state index < -0.39 is 5.82 Å². The highest BCUT2D eigenvalue weighted by Gasteiger charge is 2.11. The lowest BCUT2D eigenvalue weighted by Gasteiger charge is -2.05. The minimum Gasteiger partial charge on any atom is -0.258 e. The normalized spacial score (nSPS) is 10.6. The third kappa shape index (κ3) is 2.42. The lowest BCUT2D eigenvalue weighted by molar-refractivity contribution is 0.603. The average molecular weight is 252 g/mol. The highest BCUT2D eigenvalue weighted by Crippen LogP contribution is 2.21. The van der Waals surface area contributed by atoms with Crippen molar-refractivity contribution in [3.05, 3.63) is 40.2 Å². The molecule has 0 fully saturated rings. The molecule has 0 aliphatic rings. The van der Waals surface area contributed by atoms with E-state index in [0.717, 1.165) is 17.0 Å². The molecule has 0 atom stereocenters. The zero-order valence-electron chi connectivity index (χ0n) is 9.75. The first-order chi connectivity index (χ1) is 7.97. The van der Waals surface area contributed by atoms with Gasteiger partial charge in [0.2, 0.25) is 0 Å². The van der Waals surface area contributed by atoms with Crippen LogP contribution in [0.15, 0.2) is 12.1 Å². The Bertz CT molecular complexity index is 541. The molecule has 2 heterocycles.